The summed E-state index contributed by atoms with van der Waals surface area (Å²) >= 11 is 0. The molecule has 0 atom stereocenters. The van der Waals surface area contributed by atoms with Crippen LogP contribution in [-0.2, 0) is 6.54 Å². The van der Waals surface area contributed by atoms with E-state index in [1.165, 1.54) is 7.11 Å². The lowest BCUT2D eigenvalue weighted by Gasteiger charge is -2.09. The Labute approximate surface area is 110 Å². The van der Waals surface area contributed by atoms with Gasteiger partial charge in [-0.15, -0.1) is 0 Å². The maximum atomic E-state index is 12.0. The highest BCUT2D eigenvalue weighted by Crippen LogP contribution is 2.21. The molecular weight excluding hydrogens is 244 g/mol. The number of methoxy groups -OCH3 is 1. The first-order valence-corrected chi connectivity index (χ1v) is 5.69. The summed E-state index contributed by atoms with van der Waals surface area (Å²) in [5, 5.41) is 10.4. The number of nitrogen functional groups attached to an aromatic ring is 1. The van der Waals surface area contributed by atoms with Gasteiger partial charge in [-0.1, -0.05) is 0 Å². The number of ether oxygens (including phenoxy) is 1. The molecule has 0 saturated carbocycles. The molecule has 2 rings (SSSR count). The third kappa shape index (κ3) is 3.19. The van der Waals surface area contributed by atoms with Crippen molar-refractivity contribution in [2.75, 3.05) is 12.8 Å². The Bertz CT molecular complexity index is 572. The molecule has 2 aromatic rings. The fourth-order valence-corrected chi connectivity index (χ4v) is 1.59. The summed E-state index contributed by atoms with van der Waals surface area (Å²) in [4.78, 5) is 12.0. The summed E-state index contributed by atoms with van der Waals surface area (Å²) in [6, 6.07) is 8.43. The van der Waals surface area contributed by atoms with Gasteiger partial charge < -0.3 is 15.8 Å². The lowest BCUT2D eigenvalue weighted by molar-refractivity contribution is 0.0947. The van der Waals surface area contributed by atoms with Crippen LogP contribution in [0.4, 0.5) is 5.69 Å². The zero-order valence-electron chi connectivity index (χ0n) is 10.5. The van der Waals surface area contributed by atoms with Gasteiger partial charge >= 0.3 is 0 Å². The number of nitrogens with two attached hydrogens (primary N) is 1. The molecule has 6 nitrogen and oxygen atoms in total. The van der Waals surface area contributed by atoms with Crippen LogP contribution in [0.5, 0.6) is 5.75 Å². The number of nitrogens with one attached hydrogen (secondary N) is 1. The molecule has 0 spiro atoms. The van der Waals surface area contributed by atoms with E-state index in [2.05, 4.69) is 15.5 Å². The van der Waals surface area contributed by atoms with Crippen molar-refractivity contribution in [1.82, 2.24) is 15.5 Å². The van der Waals surface area contributed by atoms with Crippen molar-refractivity contribution < 1.29 is 9.53 Å². The van der Waals surface area contributed by atoms with Gasteiger partial charge in [0.2, 0.25) is 0 Å². The number of amides is 1. The minimum atomic E-state index is -0.248. The van der Waals surface area contributed by atoms with Gasteiger partial charge in [-0.25, -0.2) is 0 Å². The van der Waals surface area contributed by atoms with Gasteiger partial charge in [-0.05, 0) is 24.3 Å². The maximum Gasteiger partial charge on any atom is 0.255 e. The summed E-state index contributed by atoms with van der Waals surface area (Å²) < 4.78 is 5.13. The SMILES string of the molecule is COc1cc(N)ccc1C(=O)NCc1cccnn1. The summed E-state index contributed by atoms with van der Waals surface area (Å²) in [6.07, 6.45) is 1.58. The van der Waals surface area contributed by atoms with E-state index in [4.69, 9.17) is 10.5 Å². The first kappa shape index (κ1) is 12.8. The molecule has 3 N–H and O–H groups in total. The quantitative estimate of drug-likeness (QED) is 0.798. The highest BCUT2D eigenvalue weighted by atomic mass is 16.5. The Kier molecular flexibility index (Phi) is 3.92. The van der Waals surface area contributed by atoms with Crippen LogP contribution in [0.1, 0.15) is 16.1 Å². The van der Waals surface area contributed by atoms with Crippen LogP contribution in [0.25, 0.3) is 0 Å². The van der Waals surface area contributed by atoms with E-state index in [0.29, 0.717) is 29.2 Å². The van der Waals surface area contributed by atoms with Gasteiger partial charge in [0.25, 0.3) is 5.91 Å². The molecule has 0 radical (unpaired) electrons. The van der Waals surface area contributed by atoms with E-state index in [9.17, 15) is 4.79 Å². The number of benzene rings is 1. The second-order valence-electron chi connectivity index (χ2n) is 3.86. The van der Waals surface area contributed by atoms with Crippen LogP contribution in [0.3, 0.4) is 0 Å². The number of aromatic nitrogens is 2. The van der Waals surface area contributed by atoms with Crippen molar-refractivity contribution in [3.8, 4) is 5.75 Å². The van der Waals surface area contributed by atoms with E-state index in [1.54, 1.807) is 36.5 Å². The monoisotopic (exact) mass is 258 g/mol. The third-order valence-corrected chi connectivity index (χ3v) is 2.53. The Morgan fingerprint density at radius 1 is 1.42 bits per heavy atom. The van der Waals surface area contributed by atoms with Crippen molar-refractivity contribution in [3.63, 3.8) is 0 Å². The van der Waals surface area contributed by atoms with E-state index in [0.717, 1.165) is 0 Å². The molecule has 19 heavy (non-hydrogen) atoms. The van der Waals surface area contributed by atoms with Crippen LogP contribution in [0.15, 0.2) is 36.5 Å². The minimum Gasteiger partial charge on any atom is -0.496 e. The molecule has 6 heteroatoms. The summed E-state index contributed by atoms with van der Waals surface area (Å²) in [7, 11) is 1.49. The van der Waals surface area contributed by atoms with E-state index >= 15 is 0 Å². The first-order valence-electron chi connectivity index (χ1n) is 5.69. The van der Waals surface area contributed by atoms with Crippen LogP contribution in [-0.4, -0.2) is 23.2 Å². The highest BCUT2D eigenvalue weighted by molar-refractivity contribution is 5.97. The normalized spacial score (nSPS) is 9.95. The number of carbonyl (C=O) groups excluding carboxylic acids is 1. The summed E-state index contributed by atoms with van der Waals surface area (Å²) in [5.41, 5.74) is 7.30. The summed E-state index contributed by atoms with van der Waals surface area (Å²) in [6.45, 7) is 0.306. The predicted octanol–water partition coefficient (Wildman–Crippen LogP) is 0.997. The molecule has 0 unspecified atom stereocenters. The first-order chi connectivity index (χ1) is 9.20. The molecule has 0 saturated heterocycles. The lowest BCUT2D eigenvalue weighted by atomic mass is 10.1. The van der Waals surface area contributed by atoms with Crippen molar-refractivity contribution >= 4 is 11.6 Å². The molecule has 0 fully saturated rings. The zero-order valence-corrected chi connectivity index (χ0v) is 10.5. The van der Waals surface area contributed by atoms with Crippen molar-refractivity contribution in [3.05, 3.63) is 47.8 Å². The number of nitrogens with zero attached hydrogens (tertiary/aromatic N) is 2. The largest absolute Gasteiger partial charge is 0.496 e. The molecule has 1 aromatic carbocycles. The number of anilines is 1. The average molecular weight is 258 g/mol. The molecule has 0 bridgehead atoms. The molecule has 98 valence electrons. The van der Waals surface area contributed by atoms with Gasteiger partial charge in [-0.3, -0.25) is 4.79 Å². The van der Waals surface area contributed by atoms with Crippen molar-refractivity contribution in [1.29, 1.82) is 0 Å². The van der Waals surface area contributed by atoms with Gasteiger partial charge in [0.05, 0.1) is 24.9 Å². The topological polar surface area (TPSA) is 90.1 Å². The number of carbonyl (C=O) groups is 1. The predicted molar refractivity (Wildman–Crippen MR) is 70.6 cm³/mol. The van der Waals surface area contributed by atoms with E-state index in [-0.39, 0.29) is 5.91 Å². The molecule has 0 aliphatic heterocycles. The smallest absolute Gasteiger partial charge is 0.255 e. The van der Waals surface area contributed by atoms with Crippen LogP contribution in [0, 0.1) is 0 Å². The molecule has 1 amide bonds. The molecule has 1 heterocycles. The van der Waals surface area contributed by atoms with Crippen molar-refractivity contribution in [2.45, 2.75) is 6.54 Å². The third-order valence-electron chi connectivity index (χ3n) is 2.53. The fourth-order valence-electron chi connectivity index (χ4n) is 1.59. The number of rotatable bonds is 4. The van der Waals surface area contributed by atoms with E-state index in [1.807, 2.05) is 0 Å². The van der Waals surface area contributed by atoms with Gasteiger partial charge in [-0.2, -0.15) is 10.2 Å². The second-order valence-corrected chi connectivity index (χ2v) is 3.86. The van der Waals surface area contributed by atoms with Crippen LogP contribution < -0.4 is 15.8 Å². The van der Waals surface area contributed by atoms with Gasteiger partial charge in [0.1, 0.15) is 5.75 Å². The van der Waals surface area contributed by atoms with Crippen LogP contribution >= 0.6 is 0 Å². The average Bonchev–Trinajstić information content (AvgIpc) is 2.45. The zero-order chi connectivity index (χ0) is 13.7. The molecule has 0 aliphatic rings. The Balaban J connectivity index is 2.08. The number of hydrogen-bond acceptors (Lipinski definition) is 5. The molecule has 1 aromatic heterocycles. The Morgan fingerprint density at radius 2 is 2.26 bits per heavy atom. The minimum absolute atomic E-state index is 0.248. The lowest BCUT2D eigenvalue weighted by Crippen LogP contribution is -2.24. The van der Waals surface area contributed by atoms with E-state index < -0.39 is 0 Å². The van der Waals surface area contributed by atoms with Crippen LogP contribution in [0.2, 0.25) is 0 Å². The Hall–Kier alpha value is -2.63. The number of hydrogen-bond donors (Lipinski definition) is 2. The Morgan fingerprint density at radius 3 is 2.95 bits per heavy atom. The van der Waals surface area contributed by atoms with Gasteiger partial charge in [0, 0.05) is 18.0 Å². The maximum absolute atomic E-state index is 12.0. The highest BCUT2D eigenvalue weighted by Gasteiger charge is 2.12. The summed E-state index contributed by atoms with van der Waals surface area (Å²) in [5.74, 6) is 0.194. The standard InChI is InChI=1S/C13H14N4O2/c1-19-12-7-9(14)4-5-11(12)13(18)15-8-10-3-2-6-16-17-10/h2-7H,8,14H2,1H3,(H,15,18). The van der Waals surface area contributed by atoms with Gasteiger partial charge in [0.15, 0.2) is 0 Å². The second kappa shape index (κ2) is 5.81. The van der Waals surface area contributed by atoms with Crippen molar-refractivity contribution in [2.24, 2.45) is 0 Å². The molecular formula is C13H14N4O2. The fraction of sp³-hybridized carbons (Fsp3) is 0.154. The molecule has 0 aliphatic carbocycles.